The molecule has 0 spiro atoms. The van der Waals surface area contributed by atoms with Crippen molar-refractivity contribution in [2.24, 2.45) is 0 Å². The molecular weight excluding hydrogens is 398 g/mol. The highest BCUT2D eigenvalue weighted by Gasteiger charge is 2.12. The van der Waals surface area contributed by atoms with Gasteiger partial charge in [0.2, 0.25) is 0 Å². The first-order valence-corrected chi connectivity index (χ1v) is 14.1. The van der Waals surface area contributed by atoms with E-state index in [-0.39, 0.29) is 6.23 Å². The summed E-state index contributed by atoms with van der Waals surface area (Å²) >= 11 is 0. The zero-order chi connectivity index (χ0) is 21.2. The zero-order valence-electron chi connectivity index (χ0n) is 17.5. The first-order chi connectivity index (χ1) is 14.7. The van der Waals surface area contributed by atoms with Crippen molar-refractivity contribution in [2.75, 3.05) is 26.5 Å². The number of hydrogen-bond acceptors (Lipinski definition) is 2. The average Bonchev–Trinajstić information content (AvgIpc) is 2.78. The second-order valence-electron chi connectivity index (χ2n) is 7.49. The summed E-state index contributed by atoms with van der Waals surface area (Å²) in [7, 11) is 1.11. The molecule has 2 nitrogen and oxygen atoms in total. The van der Waals surface area contributed by atoms with Gasteiger partial charge >= 0.3 is 0 Å². The minimum Gasteiger partial charge on any atom is -0.398 e. The van der Waals surface area contributed by atoms with Crippen LogP contribution in [-0.2, 0) is 0 Å². The van der Waals surface area contributed by atoms with Crippen LogP contribution in [0.25, 0.3) is 0 Å². The van der Waals surface area contributed by atoms with Gasteiger partial charge in [-0.25, -0.2) is 0 Å². The van der Waals surface area contributed by atoms with Crippen LogP contribution in [0.4, 0.5) is 0 Å². The zero-order valence-corrected chi connectivity index (χ0v) is 19.9. The molecule has 0 saturated carbocycles. The number of aliphatic hydroxyl groups is 1. The number of benzene rings is 3. The van der Waals surface area contributed by atoms with E-state index in [1.165, 1.54) is 10.4 Å². The van der Waals surface area contributed by atoms with Gasteiger partial charge in [-0.2, -0.15) is 0 Å². The van der Waals surface area contributed by atoms with Gasteiger partial charge in [0, 0.05) is 23.5 Å². The van der Waals surface area contributed by atoms with Crippen molar-refractivity contribution < 1.29 is 5.11 Å². The third kappa shape index (κ3) is 6.59. The lowest BCUT2D eigenvalue weighted by atomic mass is 10.1. The normalized spacial score (nSPS) is 12.3. The average molecular weight is 426 g/mol. The van der Waals surface area contributed by atoms with Crippen molar-refractivity contribution in [1.82, 2.24) is 4.90 Å². The Morgan fingerprint density at radius 3 is 1.70 bits per heavy atom. The highest BCUT2D eigenvalue weighted by atomic mass is 28.3. The molecule has 0 aliphatic carbocycles. The number of rotatable bonds is 5. The molecule has 3 aromatic rings. The predicted molar refractivity (Wildman–Crippen MR) is 132 cm³/mol. The highest BCUT2D eigenvalue weighted by Crippen LogP contribution is 2.03. The predicted octanol–water partition coefficient (Wildman–Crippen LogP) is 1.37. The topological polar surface area (TPSA) is 23.5 Å². The van der Waals surface area contributed by atoms with Crippen molar-refractivity contribution in [2.45, 2.75) is 0 Å². The Morgan fingerprint density at radius 2 is 1.20 bits per heavy atom. The molecule has 30 heavy (non-hydrogen) atoms. The number of nitrogens with zero attached hydrogens (tertiary/aromatic N) is 1. The summed E-state index contributed by atoms with van der Waals surface area (Å²) in [6, 6.07) is 28.9. The summed E-state index contributed by atoms with van der Waals surface area (Å²) in [6.45, 7) is 0. The van der Waals surface area contributed by atoms with Crippen molar-refractivity contribution in [3.63, 3.8) is 0 Å². The standard InChI is InChI=1S/C26H27NOSi2/c1-27(2)21-29(25-12-5-3-6-13-25)18-16-23-10-9-11-24(20-23)17-19-30(22-28)26-14-7-4-8-15-26/h3-15,20,28-30H,21-22H2,1-2H3. The molecule has 0 saturated heterocycles. The maximum atomic E-state index is 9.78. The second kappa shape index (κ2) is 11.4. The van der Waals surface area contributed by atoms with E-state index in [1.54, 1.807) is 0 Å². The van der Waals surface area contributed by atoms with Crippen LogP contribution in [0.15, 0.2) is 84.9 Å². The highest BCUT2D eigenvalue weighted by molar-refractivity contribution is 6.81. The van der Waals surface area contributed by atoms with Gasteiger partial charge in [0.15, 0.2) is 17.6 Å². The molecule has 3 rings (SSSR count). The fourth-order valence-electron chi connectivity index (χ4n) is 3.22. The quantitative estimate of drug-likeness (QED) is 0.493. The molecule has 0 aliphatic rings. The SMILES string of the molecule is CN(C)C[SiH](C#Cc1cccc(C#C[SiH](CO)c2ccccc2)c1)c1ccccc1. The van der Waals surface area contributed by atoms with E-state index >= 15 is 0 Å². The van der Waals surface area contributed by atoms with Crippen molar-refractivity contribution in [1.29, 1.82) is 0 Å². The maximum Gasteiger partial charge on any atom is 0.179 e. The van der Waals surface area contributed by atoms with Gasteiger partial charge < -0.3 is 10.0 Å². The summed E-state index contributed by atoms with van der Waals surface area (Å²) in [5.74, 6) is 6.67. The van der Waals surface area contributed by atoms with Crippen LogP contribution in [-0.4, -0.2) is 54.1 Å². The third-order valence-electron chi connectivity index (χ3n) is 4.78. The van der Waals surface area contributed by atoms with E-state index in [4.69, 9.17) is 0 Å². The molecule has 0 aliphatic heterocycles. The van der Waals surface area contributed by atoms with Crippen LogP contribution in [0.5, 0.6) is 0 Å². The summed E-state index contributed by atoms with van der Waals surface area (Å²) < 4.78 is 0. The van der Waals surface area contributed by atoms with Crippen LogP contribution in [0, 0.1) is 22.9 Å². The van der Waals surface area contributed by atoms with Gasteiger partial charge in [0.05, 0.1) is 0 Å². The maximum absolute atomic E-state index is 9.78. The fourth-order valence-corrected chi connectivity index (χ4v) is 6.94. The largest absolute Gasteiger partial charge is 0.398 e. The van der Waals surface area contributed by atoms with E-state index < -0.39 is 17.6 Å². The molecule has 0 aromatic heterocycles. The Kier molecular flexibility index (Phi) is 8.26. The van der Waals surface area contributed by atoms with Gasteiger partial charge in [-0.05, 0) is 42.7 Å². The number of aliphatic hydroxyl groups excluding tert-OH is 1. The van der Waals surface area contributed by atoms with Crippen molar-refractivity contribution in [3.8, 4) is 22.9 Å². The smallest absolute Gasteiger partial charge is 0.179 e. The van der Waals surface area contributed by atoms with E-state index in [9.17, 15) is 5.11 Å². The van der Waals surface area contributed by atoms with E-state index in [2.05, 4.69) is 90.5 Å². The van der Waals surface area contributed by atoms with Crippen LogP contribution in [0.2, 0.25) is 0 Å². The minimum absolute atomic E-state index is 0.144. The first-order valence-electron chi connectivity index (χ1n) is 10.1. The summed E-state index contributed by atoms with van der Waals surface area (Å²) in [6.07, 6.45) is 1.16. The Hall–Kier alpha value is -2.87. The lowest BCUT2D eigenvalue weighted by molar-refractivity contribution is 0.365. The molecule has 150 valence electrons. The van der Waals surface area contributed by atoms with Crippen molar-refractivity contribution in [3.05, 3.63) is 96.1 Å². The lowest BCUT2D eigenvalue weighted by Crippen LogP contribution is -2.39. The van der Waals surface area contributed by atoms with Gasteiger partial charge in [0.1, 0.15) is 0 Å². The van der Waals surface area contributed by atoms with Crippen LogP contribution in [0.3, 0.4) is 0 Å². The first kappa shape index (κ1) is 21.8. The molecule has 3 aromatic carbocycles. The van der Waals surface area contributed by atoms with Crippen molar-refractivity contribution >= 4 is 28.0 Å². The molecule has 1 N–H and O–H groups in total. The molecule has 0 bridgehead atoms. The van der Waals surface area contributed by atoms with Gasteiger partial charge in [-0.15, -0.1) is 11.1 Å². The Labute approximate surface area is 183 Å². The monoisotopic (exact) mass is 425 g/mol. The van der Waals surface area contributed by atoms with E-state index in [0.717, 1.165) is 17.3 Å². The van der Waals surface area contributed by atoms with E-state index in [1.807, 2.05) is 36.4 Å². The van der Waals surface area contributed by atoms with Crippen LogP contribution < -0.4 is 10.4 Å². The molecule has 0 amide bonds. The second-order valence-corrected chi connectivity index (χ2v) is 12.3. The minimum atomic E-state index is -1.69. The Bertz CT molecular complexity index is 1060. The fraction of sp³-hybridized carbons (Fsp3) is 0.154. The number of hydrogen-bond donors (Lipinski definition) is 1. The lowest BCUT2D eigenvalue weighted by Gasteiger charge is -2.15. The third-order valence-corrected chi connectivity index (χ3v) is 9.60. The van der Waals surface area contributed by atoms with Gasteiger partial charge in [-0.3, -0.25) is 0 Å². The molecular formula is C26H27NOSi2. The Morgan fingerprint density at radius 1 is 0.700 bits per heavy atom. The van der Waals surface area contributed by atoms with Crippen LogP contribution in [0.1, 0.15) is 11.1 Å². The summed E-state index contributed by atoms with van der Waals surface area (Å²) in [5, 5.41) is 12.3. The molecule has 2 atom stereocenters. The molecule has 0 heterocycles. The Balaban J connectivity index is 1.81. The summed E-state index contributed by atoms with van der Waals surface area (Å²) in [4.78, 5) is 2.23. The van der Waals surface area contributed by atoms with Gasteiger partial charge in [-0.1, -0.05) is 78.6 Å². The molecule has 0 fully saturated rings. The summed E-state index contributed by atoms with van der Waals surface area (Å²) in [5.41, 5.74) is 8.87. The van der Waals surface area contributed by atoms with Crippen LogP contribution >= 0.6 is 0 Å². The molecule has 4 heteroatoms. The molecule has 0 radical (unpaired) electrons. The van der Waals surface area contributed by atoms with Gasteiger partial charge in [0.25, 0.3) is 0 Å². The molecule has 2 unspecified atom stereocenters. The van der Waals surface area contributed by atoms with E-state index in [0.29, 0.717) is 0 Å².